The van der Waals surface area contributed by atoms with E-state index < -0.39 is 18.0 Å². The van der Waals surface area contributed by atoms with E-state index in [1.807, 2.05) is 18.9 Å². The summed E-state index contributed by atoms with van der Waals surface area (Å²) < 4.78 is 0. The van der Waals surface area contributed by atoms with Crippen LogP contribution < -0.4 is 5.73 Å². The van der Waals surface area contributed by atoms with Crippen molar-refractivity contribution in [3.63, 3.8) is 0 Å². The van der Waals surface area contributed by atoms with Crippen molar-refractivity contribution in [3.05, 3.63) is 10.6 Å². The van der Waals surface area contributed by atoms with Crippen LogP contribution in [0.4, 0.5) is 0 Å². The maximum Gasteiger partial charge on any atom is 0.353 e. The maximum atomic E-state index is 13.2. The van der Waals surface area contributed by atoms with Gasteiger partial charge in [-0.3, -0.25) is 14.5 Å². The summed E-state index contributed by atoms with van der Waals surface area (Å²) >= 11 is 1.49. The summed E-state index contributed by atoms with van der Waals surface area (Å²) in [6.45, 7) is 6.38. The lowest BCUT2D eigenvalue weighted by Gasteiger charge is -2.46. The average Bonchev–Trinajstić information content (AvgIpc) is 3.38. The van der Waals surface area contributed by atoms with Gasteiger partial charge in [0.05, 0.1) is 24.1 Å². The number of carboxylic acid groups (broad SMARTS) is 1. The molecule has 3 unspecified atom stereocenters. The van der Waals surface area contributed by atoms with Crippen LogP contribution in [0, 0.1) is 17.8 Å². The molecule has 4 N–H and O–H groups in total. The smallest absolute Gasteiger partial charge is 0.353 e. The number of carbonyl (C=O) groups excluding carboxylic acids is 2. The molecule has 4 aliphatic rings. The van der Waals surface area contributed by atoms with Gasteiger partial charge in [0.1, 0.15) is 5.70 Å². The molecule has 0 saturated carbocycles. The number of nitrogens with two attached hydrogens (primary N) is 1. The van der Waals surface area contributed by atoms with E-state index in [1.165, 1.54) is 16.7 Å². The van der Waals surface area contributed by atoms with E-state index in [1.54, 1.807) is 6.92 Å². The summed E-state index contributed by atoms with van der Waals surface area (Å²) in [6.07, 6.45) is 1.78. The first-order valence-corrected chi connectivity index (χ1v) is 12.4. The number of aliphatic hydroxyl groups excluding tert-OH is 1. The number of thioether (sulfide) groups is 1. The fourth-order valence-electron chi connectivity index (χ4n) is 5.90. The molecular weight excluding hydrogens is 432 g/mol. The molecule has 32 heavy (non-hydrogen) atoms. The lowest BCUT2D eigenvalue weighted by molar-refractivity contribution is -0.163. The number of likely N-dealkylation sites (tertiary alicyclic amines) is 2. The van der Waals surface area contributed by atoms with Crippen molar-refractivity contribution in [1.29, 1.82) is 0 Å². The topological polar surface area (TPSA) is 127 Å². The summed E-state index contributed by atoms with van der Waals surface area (Å²) in [5, 5.41) is 19.9. The van der Waals surface area contributed by atoms with Gasteiger partial charge in [-0.2, -0.15) is 0 Å². The van der Waals surface area contributed by atoms with E-state index in [4.69, 9.17) is 5.73 Å². The molecule has 4 heterocycles. The number of nitrogens with zero attached hydrogens (tertiary/aromatic N) is 3. The summed E-state index contributed by atoms with van der Waals surface area (Å²) in [5.74, 6) is -1.51. The average molecular weight is 467 g/mol. The minimum absolute atomic E-state index is 0.0519. The lowest BCUT2D eigenvalue weighted by Crippen LogP contribution is -2.63. The van der Waals surface area contributed by atoms with Crippen molar-refractivity contribution >= 4 is 29.5 Å². The van der Waals surface area contributed by atoms with Crippen molar-refractivity contribution in [3.8, 4) is 0 Å². The van der Waals surface area contributed by atoms with Crippen molar-refractivity contribution in [2.45, 2.75) is 56.5 Å². The van der Waals surface area contributed by atoms with Crippen LogP contribution in [0.1, 0.15) is 33.1 Å². The van der Waals surface area contributed by atoms with Crippen LogP contribution in [-0.4, -0.2) is 99.4 Å². The van der Waals surface area contributed by atoms with Gasteiger partial charge in [0.15, 0.2) is 0 Å². The molecule has 7 atom stereocenters. The van der Waals surface area contributed by atoms with Gasteiger partial charge in [0.25, 0.3) is 0 Å². The second kappa shape index (κ2) is 8.96. The van der Waals surface area contributed by atoms with Gasteiger partial charge in [-0.05, 0) is 45.7 Å². The zero-order valence-corrected chi connectivity index (χ0v) is 19.8. The van der Waals surface area contributed by atoms with E-state index in [-0.39, 0.29) is 40.8 Å². The summed E-state index contributed by atoms with van der Waals surface area (Å²) in [7, 11) is 1.95. The normalized spacial score (nSPS) is 36.0. The number of hydrogen-bond acceptors (Lipinski definition) is 7. The van der Waals surface area contributed by atoms with Crippen LogP contribution in [0.15, 0.2) is 10.6 Å². The lowest BCUT2D eigenvalue weighted by atomic mass is 9.79. The Morgan fingerprint density at radius 3 is 2.66 bits per heavy atom. The minimum atomic E-state index is -1.11. The fourth-order valence-corrected chi connectivity index (χ4v) is 7.50. The maximum absolute atomic E-state index is 13.2. The zero-order valence-electron chi connectivity index (χ0n) is 18.9. The molecule has 3 saturated heterocycles. The number of rotatable bonds is 7. The van der Waals surface area contributed by atoms with Crippen LogP contribution >= 0.6 is 11.8 Å². The summed E-state index contributed by atoms with van der Waals surface area (Å²) in [6, 6.07) is -0.518. The first kappa shape index (κ1) is 23.5. The van der Waals surface area contributed by atoms with E-state index in [2.05, 4.69) is 4.90 Å². The number of hydrogen-bond donors (Lipinski definition) is 3. The Hall–Kier alpha value is -1.62. The molecule has 0 bridgehead atoms. The summed E-state index contributed by atoms with van der Waals surface area (Å²) in [5.41, 5.74) is 5.72. The molecule has 2 amide bonds. The molecule has 9 nitrogen and oxygen atoms in total. The molecule has 4 rings (SSSR count). The third kappa shape index (κ3) is 3.85. The molecule has 10 heteroatoms. The van der Waals surface area contributed by atoms with E-state index >= 15 is 0 Å². The fraction of sp³-hybridized carbons (Fsp3) is 0.773. The van der Waals surface area contributed by atoms with Crippen molar-refractivity contribution in [2.75, 3.05) is 33.2 Å². The standard InChI is InChI=1S/C22H34N4O5S/c1-11-17-16(12(2)27)21(29)26(17)18(22(30)31)19(11)32-14-8-15(24(3)10-14)20(28)25-7-5-13(9-25)4-6-23/h11-17,27H,4-10,23H2,1-3H3,(H,30,31)/t11-,12-,13?,14+,15+,16?,17?/m1/s1. The predicted molar refractivity (Wildman–Crippen MR) is 120 cm³/mol. The molecular formula is C22H34N4O5S. The Labute approximate surface area is 193 Å². The van der Waals surface area contributed by atoms with Gasteiger partial charge in [-0.1, -0.05) is 6.92 Å². The monoisotopic (exact) mass is 466 g/mol. The third-order valence-corrected chi connectivity index (χ3v) is 9.07. The third-order valence-electron chi connectivity index (χ3n) is 7.57. The number of amides is 2. The van der Waals surface area contributed by atoms with Crippen LogP contribution in [0.2, 0.25) is 0 Å². The Morgan fingerprint density at radius 1 is 1.31 bits per heavy atom. The van der Waals surface area contributed by atoms with Gasteiger partial charge in [-0.15, -0.1) is 11.8 Å². The number of aliphatic carboxylic acids is 1. The van der Waals surface area contributed by atoms with Crippen molar-refractivity contribution in [2.24, 2.45) is 23.5 Å². The first-order chi connectivity index (χ1) is 15.1. The van der Waals surface area contributed by atoms with E-state index in [0.29, 0.717) is 30.3 Å². The molecule has 0 aromatic rings. The summed E-state index contributed by atoms with van der Waals surface area (Å²) in [4.78, 5) is 43.8. The Morgan fingerprint density at radius 2 is 2.03 bits per heavy atom. The largest absolute Gasteiger partial charge is 0.477 e. The van der Waals surface area contributed by atoms with Gasteiger partial charge < -0.3 is 25.7 Å². The molecule has 178 valence electrons. The Balaban J connectivity index is 1.45. The molecule has 0 aromatic heterocycles. The molecule has 0 aliphatic carbocycles. The molecule has 0 aromatic carbocycles. The minimum Gasteiger partial charge on any atom is -0.477 e. The van der Waals surface area contributed by atoms with Gasteiger partial charge in [0.2, 0.25) is 11.8 Å². The van der Waals surface area contributed by atoms with Gasteiger partial charge >= 0.3 is 5.97 Å². The van der Waals surface area contributed by atoms with Gasteiger partial charge in [-0.25, -0.2) is 4.79 Å². The first-order valence-electron chi connectivity index (χ1n) is 11.5. The zero-order chi connectivity index (χ0) is 23.3. The highest BCUT2D eigenvalue weighted by Crippen LogP contribution is 2.52. The highest BCUT2D eigenvalue weighted by Gasteiger charge is 2.60. The second-order valence-corrected chi connectivity index (χ2v) is 11.1. The Kier molecular flexibility index (Phi) is 6.59. The predicted octanol–water partition coefficient (Wildman–Crippen LogP) is 0.143. The number of β-lactam (4-membered cyclic amide) rings is 1. The van der Waals surface area contributed by atoms with Gasteiger partial charge in [0, 0.05) is 35.7 Å². The van der Waals surface area contributed by atoms with Crippen LogP contribution in [0.3, 0.4) is 0 Å². The number of carbonyl (C=O) groups is 3. The quantitative estimate of drug-likeness (QED) is 0.452. The van der Waals surface area contributed by atoms with Crippen molar-refractivity contribution in [1.82, 2.24) is 14.7 Å². The molecule has 0 spiro atoms. The number of aliphatic hydroxyl groups is 1. The van der Waals surface area contributed by atoms with Crippen LogP contribution in [0.25, 0.3) is 0 Å². The Bertz CT molecular complexity index is 833. The van der Waals surface area contributed by atoms with E-state index in [9.17, 15) is 24.6 Å². The number of likely N-dealkylation sites (N-methyl/N-ethyl adjacent to an activating group) is 1. The van der Waals surface area contributed by atoms with E-state index in [0.717, 1.165) is 25.9 Å². The highest BCUT2D eigenvalue weighted by molar-refractivity contribution is 8.03. The van der Waals surface area contributed by atoms with Crippen LogP contribution in [-0.2, 0) is 14.4 Å². The molecule has 4 aliphatic heterocycles. The highest BCUT2D eigenvalue weighted by atomic mass is 32.2. The number of carboxylic acids is 1. The van der Waals surface area contributed by atoms with Crippen LogP contribution in [0.5, 0.6) is 0 Å². The number of fused-ring (bicyclic) bond motifs is 1. The second-order valence-electron chi connectivity index (χ2n) is 9.72. The molecule has 0 radical (unpaired) electrons. The van der Waals surface area contributed by atoms with Crippen molar-refractivity contribution < 1.29 is 24.6 Å². The SMILES string of the molecule is C[C@@H](O)C1C(=O)N2C(C(=O)O)=C(S[C@H]3C[C@@H](C(=O)N4CCC(CCN)C4)N(C)C3)[C@H](C)C12. The molecule has 3 fully saturated rings.